The lowest BCUT2D eigenvalue weighted by atomic mass is 10.2. The van der Waals surface area contributed by atoms with E-state index in [9.17, 15) is 9.18 Å². The number of carbonyl (C=O) groups excluding carboxylic acids is 1. The standard InChI is InChI=1S/C13H7Cl4FN2O/c14-7-3-6(4-8(15)11(7)18)20-13(21)5-1-9(16)12(19)10(17)2-5/h1-4H,19H2,(H,20,21). The molecule has 3 nitrogen and oxygen atoms in total. The molecule has 0 saturated carbocycles. The quantitative estimate of drug-likeness (QED) is 0.560. The Hall–Kier alpha value is -1.20. The summed E-state index contributed by atoms with van der Waals surface area (Å²) in [6.45, 7) is 0. The molecule has 0 spiro atoms. The van der Waals surface area contributed by atoms with E-state index in [0.717, 1.165) is 0 Å². The molecule has 0 atom stereocenters. The molecule has 3 N–H and O–H groups in total. The fraction of sp³-hybridized carbons (Fsp3) is 0. The second-order valence-corrected chi connectivity index (χ2v) is 5.69. The van der Waals surface area contributed by atoms with E-state index >= 15 is 0 Å². The summed E-state index contributed by atoms with van der Waals surface area (Å²) >= 11 is 23.0. The van der Waals surface area contributed by atoms with Crippen molar-refractivity contribution in [3.8, 4) is 0 Å². The predicted octanol–water partition coefficient (Wildman–Crippen LogP) is 5.27. The summed E-state index contributed by atoms with van der Waals surface area (Å²) in [5.41, 5.74) is 6.20. The van der Waals surface area contributed by atoms with Crippen molar-refractivity contribution in [3.63, 3.8) is 0 Å². The van der Waals surface area contributed by atoms with Gasteiger partial charge in [-0.25, -0.2) is 4.39 Å². The van der Waals surface area contributed by atoms with E-state index in [1.54, 1.807) is 0 Å². The molecule has 0 aromatic heterocycles. The third kappa shape index (κ3) is 3.52. The molecular weight excluding hydrogens is 361 g/mol. The second-order valence-electron chi connectivity index (χ2n) is 4.06. The summed E-state index contributed by atoms with van der Waals surface area (Å²) in [5, 5.41) is 2.41. The van der Waals surface area contributed by atoms with E-state index in [1.807, 2.05) is 0 Å². The average Bonchev–Trinajstić information content (AvgIpc) is 2.41. The van der Waals surface area contributed by atoms with Gasteiger partial charge in [-0.2, -0.15) is 0 Å². The van der Waals surface area contributed by atoms with E-state index in [0.29, 0.717) is 0 Å². The van der Waals surface area contributed by atoms with Gasteiger partial charge in [0.2, 0.25) is 0 Å². The van der Waals surface area contributed by atoms with Crippen LogP contribution in [0, 0.1) is 5.82 Å². The lowest BCUT2D eigenvalue weighted by Gasteiger charge is -2.09. The minimum atomic E-state index is -0.755. The van der Waals surface area contributed by atoms with Gasteiger partial charge >= 0.3 is 0 Å². The van der Waals surface area contributed by atoms with Crippen LogP contribution in [0.1, 0.15) is 10.4 Å². The molecule has 2 aromatic carbocycles. The zero-order valence-electron chi connectivity index (χ0n) is 10.2. The highest BCUT2D eigenvalue weighted by atomic mass is 35.5. The number of nitrogens with two attached hydrogens (primary N) is 1. The van der Waals surface area contributed by atoms with Crippen molar-refractivity contribution in [1.29, 1.82) is 0 Å². The number of benzene rings is 2. The Morgan fingerprint density at radius 3 is 1.90 bits per heavy atom. The van der Waals surface area contributed by atoms with Crippen molar-refractivity contribution >= 4 is 63.7 Å². The molecule has 2 aromatic rings. The van der Waals surface area contributed by atoms with Crippen molar-refractivity contribution in [3.05, 3.63) is 55.7 Å². The van der Waals surface area contributed by atoms with Crippen LogP contribution in [0.25, 0.3) is 0 Å². The van der Waals surface area contributed by atoms with Crippen LogP contribution in [0.5, 0.6) is 0 Å². The van der Waals surface area contributed by atoms with Crippen LogP contribution in [-0.2, 0) is 0 Å². The van der Waals surface area contributed by atoms with E-state index < -0.39 is 11.7 Å². The average molecular weight is 368 g/mol. The maximum absolute atomic E-state index is 13.3. The van der Waals surface area contributed by atoms with Crippen LogP contribution in [0.3, 0.4) is 0 Å². The van der Waals surface area contributed by atoms with Crippen molar-refractivity contribution in [2.75, 3.05) is 11.1 Å². The van der Waals surface area contributed by atoms with E-state index in [4.69, 9.17) is 52.1 Å². The fourth-order valence-corrected chi connectivity index (χ4v) is 2.52. The molecule has 0 unspecified atom stereocenters. The molecule has 8 heteroatoms. The Labute approximate surface area is 139 Å². The van der Waals surface area contributed by atoms with Gasteiger partial charge < -0.3 is 11.1 Å². The first-order valence-electron chi connectivity index (χ1n) is 5.50. The first kappa shape index (κ1) is 16.2. The zero-order chi connectivity index (χ0) is 15.7. The number of hydrogen-bond donors (Lipinski definition) is 2. The monoisotopic (exact) mass is 366 g/mol. The Balaban J connectivity index is 2.30. The maximum Gasteiger partial charge on any atom is 0.255 e. The second kappa shape index (κ2) is 6.28. The van der Waals surface area contributed by atoms with Crippen molar-refractivity contribution in [2.24, 2.45) is 0 Å². The third-order valence-electron chi connectivity index (χ3n) is 2.58. The van der Waals surface area contributed by atoms with Gasteiger partial charge in [0.15, 0.2) is 5.82 Å². The zero-order valence-corrected chi connectivity index (χ0v) is 13.2. The molecule has 0 fully saturated rings. The highest BCUT2D eigenvalue weighted by Crippen LogP contribution is 2.30. The molecule has 0 aliphatic rings. The summed E-state index contributed by atoms with van der Waals surface area (Å²) in [6.07, 6.45) is 0. The third-order valence-corrected chi connectivity index (χ3v) is 3.76. The number of nitrogens with one attached hydrogen (secondary N) is 1. The number of nitrogen functional groups attached to an aromatic ring is 1. The van der Waals surface area contributed by atoms with E-state index in [2.05, 4.69) is 5.32 Å². The normalized spacial score (nSPS) is 10.5. The highest BCUT2D eigenvalue weighted by molar-refractivity contribution is 6.39. The highest BCUT2D eigenvalue weighted by Gasteiger charge is 2.13. The van der Waals surface area contributed by atoms with Gasteiger partial charge in [0, 0.05) is 11.3 Å². The molecule has 1 amide bonds. The van der Waals surface area contributed by atoms with E-state index in [-0.39, 0.29) is 37.0 Å². The van der Waals surface area contributed by atoms with Crippen LogP contribution in [0.15, 0.2) is 24.3 Å². The lowest BCUT2D eigenvalue weighted by Crippen LogP contribution is -2.12. The molecule has 0 bridgehead atoms. The molecular formula is C13H7Cl4FN2O. The summed E-state index contributed by atoms with van der Waals surface area (Å²) in [6, 6.07) is 5.21. The number of halogens is 5. The molecule has 110 valence electrons. The number of amides is 1. The van der Waals surface area contributed by atoms with E-state index in [1.165, 1.54) is 24.3 Å². The molecule has 0 saturated heterocycles. The molecule has 0 radical (unpaired) electrons. The lowest BCUT2D eigenvalue weighted by molar-refractivity contribution is 0.102. The van der Waals surface area contributed by atoms with Crippen molar-refractivity contribution < 1.29 is 9.18 Å². The van der Waals surface area contributed by atoms with Crippen LogP contribution in [0.2, 0.25) is 20.1 Å². The van der Waals surface area contributed by atoms with Gasteiger partial charge in [-0.15, -0.1) is 0 Å². The Kier molecular flexibility index (Phi) is 4.84. The van der Waals surface area contributed by atoms with Gasteiger partial charge in [0.1, 0.15) is 0 Å². The van der Waals surface area contributed by atoms with Gasteiger partial charge in [0.05, 0.1) is 25.8 Å². The molecule has 0 aliphatic heterocycles. The maximum atomic E-state index is 13.3. The van der Waals surface area contributed by atoms with Gasteiger partial charge in [0.25, 0.3) is 5.91 Å². The Morgan fingerprint density at radius 1 is 0.952 bits per heavy atom. The number of anilines is 2. The number of rotatable bonds is 2. The van der Waals surface area contributed by atoms with Crippen LogP contribution in [-0.4, -0.2) is 5.91 Å². The summed E-state index contributed by atoms with van der Waals surface area (Å²) < 4.78 is 13.3. The molecule has 0 aliphatic carbocycles. The van der Waals surface area contributed by atoms with Gasteiger partial charge in [-0.05, 0) is 24.3 Å². The Morgan fingerprint density at radius 2 is 1.43 bits per heavy atom. The molecule has 2 rings (SSSR count). The van der Waals surface area contributed by atoms with Crippen LogP contribution < -0.4 is 11.1 Å². The van der Waals surface area contributed by atoms with Crippen molar-refractivity contribution in [1.82, 2.24) is 0 Å². The van der Waals surface area contributed by atoms with Gasteiger partial charge in [-0.1, -0.05) is 46.4 Å². The SMILES string of the molecule is Nc1c(Cl)cc(C(=O)Nc2cc(Cl)c(F)c(Cl)c2)cc1Cl. The van der Waals surface area contributed by atoms with Crippen molar-refractivity contribution in [2.45, 2.75) is 0 Å². The van der Waals surface area contributed by atoms with Crippen LogP contribution >= 0.6 is 46.4 Å². The fourth-order valence-electron chi connectivity index (χ4n) is 1.55. The molecule has 21 heavy (non-hydrogen) atoms. The summed E-state index contributed by atoms with van der Waals surface area (Å²) in [4.78, 5) is 12.1. The summed E-state index contributed by atoms with van der Waals surface area (Å²) in [5.74, 6) is -1.27. The number of carbonyl (C=O) groups is 1. The topological polar surface area (TPSA) is 55.1 Å². The van der Waals surface area contributed by atoms with Gasteiger partial charge in [-0.3, -0.25) is 4.79 Å². The van der Waals surface area contributed by atoms with Crippen LogP contribution in [0.4, 0.5) is 15.8 Å². The Bertz CT molecular complexity index is 690. The predicted molar refractivity (Wildman–Crippen MR) is 85.2 cm³/mol. The molecule has 0 heterocycles. The summed E-state index contributed by atoms with van der Waals surface area (Å²) in [7, 11) is 0. The largest absolute Gasteiger partial charge is 0.396 e. The minimum absolute atomic E-state index is 0.155. The first-order valence-corrected chi connectivity index (χ1v) is 7.01. The minimum Gasteiger partial charge on any atom is -0.396 e. The number of hydrogen-bond acceptors (Lipinski definition) is 2. The first-order chi connectivity index (χ1) is 9.79. The smallest absolute Gasteiger partial charge is 0.255 e.